The van der Waals surface area contributed by atoms with Crippen LogP contribution in [-0.4, -0.2) is 5.91 Å². The van der Waals surface area contributed by atoms with Gasteiger partial charge in [-0.1, -0.05) is 17.7 Å². The maximum Gasteiger partial charge on any atom is 0.248 e. The summed E-state index contributed by atoms with van der Waals surface area (Å²) in [6.07, 6.45) is 0. The van der Waals surface area contributed by atoms with E-state index in [-0.39, 0.29) is 10.8 Å². The number of nitrogens with two attached hydrogens (primary N) is 1. The van der Waals surface area contributed by atoms with Crippen LogP contribution in [0.4, 0.5) is 4.39 Å². The molecule has 0 aliphatic carbocycles. The lowest BCUT2D eigenvalue weighted by Gasteiger charge is -2.10. The van der Waals surface area contributed by atoms with Crippen LogP contribution in [0.1, 0.15) is 10.4 Å². The smallest absolute Gasteiger partial charge is 0.248 e. The van der Waals surface area contributed by atoms with Gasteiger partial charge in [-0.05, 0) is 54.6 Å². The van der Waals surface area contributed by atoms with Gasteiger partial charge in [0, 0.05) is 11.6 Å². The lowest BCUT2D eigenvalue weighted by molar-refractivity contribution is 0.100. The average Bonchev–Trinajstić information content (AvgIpc) is 2.59. The van der Waals surface area contributed by atoms with Gasteiger partial charge < -0.3 is 15.2 Å². The second-order valence-corrected chi connectivity index (χ2v) is 5.55. The van der Waals surface area contributed by atoms with E-state index >= 15 is 0 Å². The summed E-state index contributed by atoms with van der Waals surface area (Å²) in [6, 6.07) is 17.1. The number of carbonyl (C=O) groups is 1. The molecule has 25 heavy (non-hydrogen) atoms. The Morgan fingerprint density at radius 3 is 2.20 bits per heavy atom. The summed E-state index contributed by atoms with van der Waals surface area (Å²) in [5, 5.41) is 0.265. The molecule has 0 fully saturated rings. The molecule has 6 heteroatoms. The van der Waals surface area contributed by atoms with Gasteiger partial charge in [0.25, 0.3) is 0 Å². The molecule has 1 amide bonds. The fourth-order valence-electron chi connectivity index (χ4n) is 2.10. The van der Waals surface area contributed by atoms with Crippen molar-refractivity contribution in [2.45, 2.75) is 0 Å². The van der Waals surface area contributed by atoms with Crippen LogP contribution in [-0.2, 0) is 0 Å². The Labute approximate surface area is 148 Å². The predicted octanol–water partition coefficient (Wildman–Crippen LogP) is 5.16. The van der Waals surface area contributed by atoms with E-state index in [1.807, 2.05) is 0 Å². The van der Waals surface area contributed by atoms with Gasteiger partial charge in [-0.15, -0.1) is 0 Å². The Kier molecular flexibility index (Phi) is 4.86. The monoisotopic (exact) mass is 357 g/mol. The molecule has 3 rings (SSSR count). The third-order valence-corrected chi connectivity index (χ3v) is 3.59. The highest BCUT2D eigenvalue weighted by atomic mass is 35.5. The van der Waals surface area contributed by atoms with Crippen LogP contribution in [0.25, 0.3) is 0 Å². The van der Waals surface area contributed by atoms with E-state index in [2.05, 4.69) is 0 Å². The molecule has 0 saturated heterocycles. The van der Waals surface area contributed by atoms with Gasteiger partial charge in [0.05, 0.1) is 5.02 Å². The Balaban J connectivity index is 1.77. The highest BCUT2D eigenvalue weighted by Gasteiger charge is 2.08. The first-order valence-corrected chi connectivity index (χ1v) is 7.70. The van der Waals surface area contributed by atoms with Crippen molar-refractivity contribution in [2.24, 2.45) is 5.73 Å². The first-order valence-electron chi connectivity index (χ1n) is 7.32. The largest absolute Gasteiger partial charge is 0.457 e. The van der Waals surface area contributed by atoms with E-state index in [9.17, 15) is 9.18 Å². The minimum atomic E-state index is -0.567. The third-order valence-electron chi connectivity index (χ3n) is 3.30. The van der Waals surface area contributed by atoms with Crippen molar-refractivity contribution in [3.63, 3.8) is 0 Å². The normalized spacial score (nSPS) is 10.3. The quantitative estimate of drug-likeness (QED) is 0.685. The maximum atomic E-state index is 12.9. The molecule has 0 aliphatic heterocycles. The summed E-state index contributed by atoms with van der Waals surface area (Å²) in [5.41, 5.74) is 5.51. The van der Waals surface area contributed by atoms with E-state index in [1.54, 1.807) is 30.3 Å². The molecule has 0 bridgehead atoms. The van der Waals surface area contributed by atoms with Crippen molar-refractivity contribution >= 4 is 17.5 Å². The lowest BCUT2D eigenvalue weighted by atomic mass is 10.2. The Bertz CT molecular complexity index is 913. The fraction of sp³-hybridized carbons (Fsp3) is 0. The molecule has 4 nitrogen and oxygen atoms in total. The van der Waals surface area contributed by atoms with Gasteiger partial charge in [0.2, 0.25) is 5.91 Å². The summed E-state index contributed by atoms with van der Waals surface area (Å²) < 4.78 is 24.3. The summed E-state index contributed by atoms with van der Waals surface area (Å²) in [6.45, 7) is 0. The summed E-state index contributed by atoms with van der Waals surface area (Å²) in [7, 11) is 0. The van der Waals surface area contributed by atoms with Crippen molar-refractivity contribution in [3.05, 3.63) is 83.1 Å². The van der Waals surface area contributed by atoms with Gasteiger partial charge in [-0.25, -0.2) is 4.39 Å². The zero-order valence-corrected chi connectivity index (χ0v) is 13.7. The third kappa shape index (κ3) is 4.28. The Morgan fingerprint density at radius 2 is 1.56 bits per heavy atom. The van der Waals surface area contributed by atoms with Crippen LogP contribution >= 0.6 is 11.6 Å². The number of rotatable bonds is 5. The minimum Gasteiger partial charge on any atom is -0.457 e. The van der Waals surface area contributed by atoms with Crippen molar-refractivity contribution in [2.75, 3.05) is 0 Å². The van der Waals surface area contributed by atoms with Crippen LogP contribution in [0, 0.1) is 5.82 Å². The predicted molar refractivity (Wildman–Crippen MR) is 93.0 cm³/mol. The molecule has 3 aromatic carbocycles. The second kappa shape index (κ2) is 7.23. The molecule has 0 radical (unpaired) electrons. The molecule has 0 aromatic heterocycles. The van der Waals surface area contributed by atoms with Gasteiger partial charge in [0.15, 0.2) is 0 Å². The second-order valence-electron chi connectivity index (χ2n) is 5.14. The van der Waals surface area contributed by atoms with Gasteiger partial charge in [0.1, 0.15) is 28.8 Å². The van der Waals surface area contributed by atoms with Crippen molar-refractivity contribution in [1.82, 2.24) is 0 Å². The van der Waals surface area contributed by atoms with E-state index in [4.69, 9.17) is 26.8 Å². The van der Waals surface area contributed by atoms with Crippen LogP contribution in [0.2, 0.25) is 5.02 Å². The van der Waals surface area contributed by atoms with Crippen LogP contribution < -0.4 is 15.2 Å². The van der Waals surface area contributed by atoms with Crippen molar-refractivity contribution < 1.29 is 18.7 Å². The molecule has 0 spiro atoms. The standard InChI is InChI=1S/C19H13ClFNO3/c20-17-10-12(19(22)23)4-9-18(17)25-16-3-1-2-15(11-16)24-14-7-5-13(21)6-8-14/h1-11H,(H2,22,23). The number of hydrogen-bond acceptors (Lipinski definition) is 3. The molecule has 0 saturated carbocycles. The van der Waals surface area contributed by atoms with E-state index < -0.39 is 5.91 Å². The number of ether oxygens (including phenoxy) is 2. The lowest BCUT2D eigenvalue weighted by Crippen LogP contribution is -2.10. The van der Waals surface area contributed by atoms with Crippen LogP contribution in [0.3, 0.4) is 0 Å². The summed E-state index contributed by atoms with van der Waals surface area (Å²) >= 11 is 6.11. The topological polar surface area (TPSA) is 61.6 Å². The minimum absolute atomic E-state index is 0.265. The molecule has 126 valence electrons. The molecule has 0 aliphatic rings. The number of amides is 1. The SMILES string of the molecule is NC(=O)c1ccc(Oc2cccc(Oc3ccc(F)cc3)c2)c(Cl)c1. The number of carbonyl (C=O) groups excluding carboxylic acids is 1. The van der Waals surface area contributed by atoms with Crippen molar-refractivity contribution in [1.29, 1.82) is 0 Å². The number of halogens is 2. The molecule has 0 unspecified atom stereocenters. The molecular formula is C19H13ClFNO3. The average molecular weight is 358 g/mol. The maximum absolute atomic E-state index is 12.9. The number of primary amides is 1. The molecule has 0 atom stereocenters. The number of hydrogen-bond donors (Lipinski definition) is 1. The zero-order chi connectivity index (χ0) is 17.8. The number of benzene rings is 3. The van der Waals surface area contributed by atoms with E-state index in [1.165, 1.54) is 36.4 Å². The highest BCUT2D eigenvalue weighted by Crippen LogP contribution is 2.32. The van der Waals surface area contributed by atoms with Crippen LogP contribution in [0.15, 0.2) is 66.7 Å². The Hall–Kier alpha value is -3.05. The first kappa shape index (κ1) is 16.8. The van der Waals surface area contributed by atoms with E-state index in [0.717, 1.165) is 0 Å². The zero-order valence-electron chi connectivity index (χ0n) is 12.9. The molecule has 0 heterocycles. The summed E-state index contributed by atoms with van der Waals surface area (Å²) in [5.74, 6) is 0.997. The van der Waals surface area contributed by atoms with Gasteiger partial charge >= 0.3 is 0 Å². The fourth-order valence-corrected chi connectivity index (χ4v) is 2.32. The Morgan fingerprint density at radius 1 is 0.880 bits per heavy atom. The summed E-state index contributed by atoms with van der Waals surface area (Å²) in [4.78, 5) is 11.1. The highest BCUT2D eigenvalue weighted by molar-refractivity contribution is 6.32. The van der Waals surface area contributed by atoms with Gasteiger partial charge in [-0.2, -0.15) is 0 Å². The van der Waals surface area contributed by atoms with Crippen molar-refractivity contribution in [3.8, 4) is 23.0 Å². The van der Waals surface area contributed by atoms with E-state index in [0.29, 0.717) is 28.6 Å². The van der Waals surface area contributed by atoms with Gasteiger partial charge in [-0.3, -0.25) is 4.79 Å². The molecule has 3 aromatic rings. The van der Waals surface area contributed by atoms with Crippen LogP contribution in [0.5, 0.6) is 23.0 Å². The first-order chi connectivity index (χ1) is 12.0. The molecule has 2 N–H and O–H groups in total. The molecular weight excluding hydrogens is 345 g/mol.